The van der Waals surface area contributed by atoms with Gasteiger partial charge in [-0.2, -0.15) is 5.10 Å². The van der Waals surface area contributed by atoms with Crippen molar-refractivity contribution in [3.8, 4) is 0 Å². The largest absolute Gasteiger partial charge is 0.330 e. The lowest BCUT2D eigenvalue weighted by atomic mass is 10.2. The van der Waals surface area contributed by atoms with E-state index in [1.54, 1.807) is 6.33 Å². The lowest BCUT2D eigenvalue weighted by molar-refractivity contribution is 0.670. The second-order valence-electron chi connectivity index (χ2n) is 3.38. The molecule has 4 nitrogen and oxygen atoms in total. The van der Waals surface area contributed by atoms with Crippen molar-refractivity contribution in [2.45, 2.75) is 13.0 Å². The molecule has 0 aliphatic heterocycles. The van der Waals surface area contributed by atoms with E-state index in [9.17, 15) is 0 Å². The van der Waals surface area contributed by atoms with Crippen molar-refractivity contribution >= 4 is 0 Å². The summed E-state index contributed by atoms with van der Waals surface area (Å²) in [4.78, 5) is 4.17. The van der Waals surface area contributed by atoms with Gasteiger partial charge in [0.05, 0.1) is 6.54 Å². The molecule has 0 atom stereocenters. The van der Waals surface area contributed by atoms with Crippen LogP contribution >= 0.6 is 0 Å². The van der Waals surface area contributed by atoms with Crippen molar-refractivity contribution in [1.29, 1.82) is 0 Å². The summed E-state index contributed by atoms with van der Waals surface area (Å²) in [6, 6.07) is 10.2. The van der Waals surface area contributed by atoms with Crippen molar-refractivity contribution in [3.63, 3.8) is 0 Å². The third-order valence-electron chi connectivity index (χ3n) is 2.14. The summed E-state index contributed by atoms with van der Waals surface area (Å²) in [6.07, 6.45) is 2.49. The molecule has 0 spiro atoms. The van der Waals surface area contributed by atoms with E-state index < -0.39 is 0 Å². The molecule has 0 fully saturated rings. The standard InChI is InChI=1S/C11H14N4/c12-7-6-11-13-9-15(14-11)8-10-4-2-1-3-5-10/h1-5,9H,6-8,12H2. The topological polar surface area (TPSA) is 56.7 Å². The van der Waals surface area contributed by atoms with Gasteiger partial charge in [-0.25, -0.2) is 9.67 Å². The summed E-state index contributed by atoms with van der Waals surface area (Å²) < 4.78 is 1.83. The number of rotatable bonds is 4. The second-order valence-corrected chi connectivity index (χ2v) is 3.38. The maximum absolute atomic E-state index is 5.43. The van der Waals surface area contributed by atoms with Gasteiger partial charge in [-0.3, -0.25) is 0 Å². The predicted molar refractivity (Wildman–Crippen MR) is 58.3 cm³/mol. The van der Waals surface area contributed by atoms with E-state index in [1.165, 1.54) is 5.56 Å². The van der Waals surface area contributed by atoms with Crippen LogP contribution in [0.4, 0.5) is 0 Å². The monoisotopic (exact) mass is 202 g/mol. The molecular weight excluding hydrogens is 188 g/mol. The van der Waals surface area contributed by atoms with Crippen LogP contribution < -0.4 is 5.73 Å². The Balaban J connectivity index is 2.05. The lowest BCUT2D eigenvalue weighted by Gasteiger charge is -1.99. The molecule has 0 aliphatic carbocycles. The van der Waals surface area contributed by atoms with Crippen LogP contribution in [0.15, 0.2) is 36.7 Å². The minimum absolute atomic E-state index is 0.593. The Morgan fingerprint density at radius 1 is 1.20 bits per heavy atom. The van der Waals surface area contributed by atoms with Gasteiger partial charge in [0.1, 0.15) is 6.33 Å². The van der Waals surface area contributed by atoms with E-state index in [2.05, 4.69) is 22.2 Å². The Bertz CT molecular complexity index is 408. The molecule has 15 heavy (non-hydrogen) atoms. The van der Waals surface area contributed by atoms with E-state index in [0.29, 0.717) is 6.54 Å². The van der Waals surface area contributed by atoms with Crippen LogP contribution in [-0.4, -0.2) is 21.3 Å². The molecule has 0 unspecified atom stereocenters. The molecule has 1 aromatic heterocycles. The van der Waals surface area contributed by atoms with Crippen molar-refractivity contribution in [1.82, 2.24) is 14.8 Å². The van der Waals surface area contributed by atoms with Crippen molar-refractivity contribution < 1.29 is 0 Å². The van der Waals surface area contributed by atoms with E-state index in [-0.39, 0.29) is 0 Å². The average Bonchev–Trinajstić information content (AvgIpc) is 2.68. The highest BCUT2D eigenvalue weighted by molar-refractivity contribution is 5.14. The molecule has 4 heteroatoms. The van der Waals surface area contributed by atoms with Gasteiger partial charge in [0.25, 0.3) is 0 Å². The molecule has 0 saturated heterocycles. The van der Waals surface area contributed by atoms with Gasteiger partial charge in [-0.15, -0.1) is 0 Å². The molecule has 0 saturated carbocycles. The van der Waals surface area contributed by atoms with Crippen LogP contribution in [0.1, 0.15) is 11.4 Å². The fourth-order valence-electron chi connectivity index (χ4n) is 1.42. The third-order valence-corrected chi connectivity index (χ3v) is 2.14. The van der Waals surface area contributed by atoms with Crippen LogP contribution in [0.25, 0.3) is 0 Å². The Labute approximate surface area is 88.8 Å². The fraction of sp³-hybridized carbons (Fsp3) is 0.273. The molecule has 0 amide bonds. The molecular formula is C11H14N4. The van der Waals surface area contributed by atoms with Gasteiger partial charge in [0.2, 0.25) is 0 Å². The maximum atomic E-state index is 5.43. The number of hydrogen-bond acceptors (Lipinski definition) is 3. The first kappa shape index (κ1) is 9.86. The zero-order valence-electron chi connectivity index (χ0n) is 8.50. The normalized spacial score (nSPS) is 10.5. The molecule has 1 heterocycles. The number of nitrogens with two attached hydrogens (primary N) is 1. The highest BCUT2D eigenvalue weighted by Gasteiger charge is 1.99. The summed E-state index contributed by atoms with van der Waals surface area (Å²) in [5.41, 5.74) is 6.66. The summed E-state index contributed by atoms with van der Waals surface area (Å²) in [6.45, 7) is 1.35. The van der Waals surface area contributed by atoms with Crippen LogP contribution in [0.2, 0.25) is 0 Å². The molecule has 2 aromatic rings. The van der Waals surface area contributed by atoms with E-state index in [1.807, 2.05) is 22.9 Å². The summed E-state index contributed by atoms with van der Waals surface area (Å²) in [5.74, 6) is 0.813. The Hall–Kier alpha value is -1.68. The Morgan fingerprint density at radius 2 is 2.00 bits per heavy atom. The van der Waals surface area contributed by atoms with Gasteiger partial charge in [-0.05, 0) is 12.1 Å². The van der Waals surface area contributed by atoms with E-state index in [0.717, 1.165) is 18.8 Å². The van der Waals surface area contributed by atoms with Crippen molar-refractivity contribution in [2.75, 3.05) is 6.54 Å². The smallest absolute Gasteiger partial charge is 0.151 e. The van der Waals surface area contributed by atoms with Crippen LogP contribution in [0.5, 0.6) is 0 Å². The zero-order chi connectivity index (χ0) is 10.5. The van der Waals surface area contributed by atoms with Gasteiger partial charge in [0, 0.05) is 6.42 Å². The van der Waals surface area contributed by atoms with E-state index in [4.69, 9.17) is 5.73 Å². The van der Waals surface area contributed by atoms with Crippen LogP contribution in [-0.2, 0) is 13.0 Å². The van der Waals surface area contributed by atoms with E-state index >= 15 is 0 Å². The molecule has 0 bridgehead atoms. The number of nitrogens with zero attached hydrogens (tertiary/aromatic N) is 3. The SMILES string of the molecule is NCCc1ncn(Cc2ccccc2)n1. The minimum atomic E-state index is 0.593. The zero-order valence-corrected chi connectivity index (χ0v) is 8.50. The number of hydrogen-bond donors (Lipinski definition) is 1. The summed E-state index contributed by atoms with van der Waals surface area (Å²) >= 11 is 0. The quantitative estimate of drug-likeness (QED) is 0.798. The molecule has 2 N–H and O–H groups in total. The highest BCUT2D eigenvalue weighted by Crippen LogP contribution is 2.01. The maximum Gasteiger partial charge on any atom is 0.151 e. The second kappa shape index (κ2) is 4.70. The van der Waals surface area contributed by atoms with Gasteiger partial charge in [0.15, 0.2) is 5.82 Å². The lowest BCUT2D eigenvalue weighted by Crippen LogP contribution is -2.06. The van der Waals surface area contributed by atoms with Crippen LogP contribution in [0, 0.1) is 0 Å². The van der Waals surface area contributed by atoms with Crippen LogP contribution in [0.3, 0.4) is 0 Å². The Morgan fingerprint density at radius 3 is 2.73 bits per heavy atom. The van der Waals surface area contributed by atoms with Crippen molar-refractivity contribution in [2.24, 2.45) is 5.73 Å². The molecule has 1 aromatic carbocycles. The summed E-state index contributed by atoms with van der Waals surface area (Å²) in [5, 5.41) is 4.32. The predicted octanol–water partition coefficient (Wildman–Crippen LogP) is 0.828. The first-order chi connectivity index (χ1) is 7.38. The molecule has 2 rings (SSSR count). The Kier molecular flexibility index (Phi) is 3.09. The highest BCUT2D eigenvalue weighted by atomic mass is 15.3. The van der Waals surface area contributed by atoms with Crippen molar-refractivity contribution in [3.05, 3.63) is 48.0 Å². The van der Waals surface area contributed by atoms with Gasteiger partial charge >= 0.3 is 0 Å². The average molecular weight is 202 g/mol. The number of benzene rings is 1. The first-order valence-electron chi connectivity index (χ1n) is 5.01. The molecule has 78 valence electrons. The minimum Gasteiger partial charge on any atom is -0.330 e. The van der Waals surface area contributed by atoms with Gasteiger partial charge < -0.3 is 5.73 Å². The summed E-state index contributed by atoms with van der Waals surface area (Å²) in [7, 11) is 0. The fourth-order valence-corrected chi connectivity index (χ4v) is 1.42. The first-order valence-corrected chi connectivity index (χ1v) is 5.01. The third kappa shape index (κ3) is 2.63. The molecule has 0 aliphatic rings. The number of aromatic nitrogens is 3. The van der Waals surface area contributed by atoms with Gasteiger partial charge in [-0.1, -0.05) is 30.3 Å². The molecule has 0 radical (unpaired) electrons.